The van der Waals surface area contributed by atoms with E-state index in [1.165, 1.54) is 6.07 Å². The molecule has 28 heavy (non-hydrogen) atoms. The van der Waals surface area contributed by atoms with Crippen LogP contribution < -0.4 is 5.32 Å². The molecule has 1 aromatic carbocycles. The van der Waals surface area contributed by atoms with Gasteiger partial charge in [-0.1, -0.05) is 12.1 Å². The van der Waals surface area contributed by atoms with Gasteiger partial charge in [-0.05, 0) is 45.7 Å². The number of nitrogens with one attached hydrogen (secondary N) is 1. The van der Waals surface area contributed by atoms with Crippen LogP contribution in [0.15, 0.2) is 33.6 Å². The van der Waals surface area contributed by atoms with Crippen molar-refractivity contribution >= 4 is 27.7 Å². The number of carbonyl (C=O) groups is 2. The molecular formula is C19H25N3O5S. The van der Waals surface area contributed by atoms with Crippen LogP contribution in [0.25, 0.3) is 0 Å². The fourth-order valence-electron chi connectivity index (χ4n) is 3.40. The summed E-state index contributed by atoms with van der Waals surface area (Å²) in [4.78, 5) is 26.5. The van der Waals surface area contributed by atoms with Crippen molar-refractivity contribution in [3.05, 3.63) is 29.8 Å². The minimum atomic E-state index is -3.71. The van der Waals surface area contributed by atoms with Gasteiger partial charge < -0.3 is 15.0 Å². The Labute approximate surface area is 165 Å². The van der Waals surface area contributed by atoms with Gasteiger partial charge in [-0.15, -0.1) is 4.40 Å². The Morgan fingerprint density at radius 2 is 1.96 bits per heavy atom. The summed E-state index contributed by atoms with van der Waals surface area (Å²) in [5, 5.41) is 2.71. The van der Waals surface area contributed by atoms with Crippen molar-refractivity contribution < 1.29 is 22.7 Å². The Hall–Kier alpha value is -2.42. The Kier molecular flexibility index (Phi) is 5.74. The molecule has 1 fully saturated rings. The zero-order chi connectivity index (χ0) is 20.5. The maximum atomic E-state index is 12.5. The number of amidine groups is 1. The first-order chi connectivity index (χ1) is 13.2. The molecule has 0 bridgehead atoms. The number of sulfonamides is 1. The lowest BCUT2D eigenvalue weighted by atomic mass is 9.97. The minimum absolute atomic E-state index is 0.0405. The van der Waals surface area contributed by atoms with Gasteiger partial charge in [-0.3, -0.25) is 9.59 Å². The highest BCUT2D eigenvalue weighted by Gasteiger charge is 2.36. The summed E-state index contributed by atoms with van der Waals surface area (Å²) in [5.41, 5.74) is 0.557. The zero-order valence-corrected chi connectivity index (χ0v) is 17.0. The van der Waals surface area contributed by atoms with E-state index in [9.17, 15) is 18.0 Å². The Bertz CT molecular complexity index is 910. The number of amides is 1. The number of hydrogen-bond acceptors (Lipinski definition) is 6. The molecule has 1 saturated heterocycles. The Morgan fingerprint density at radius 1 is 1.25 bits per heavy atom. The van der Waals surface area contributed by atoms with Crippen LogP contribution in [0.4, 0.5) is 0 Å². The number of piperidine rings is 1. The smallest absolute Gasteiger partial charge is 0.311 e. The fraction of sp³-hybridized carbons (Fsp3) is 0.526. The van der Waals surface area contributed by atoms with Crippen LogP contribution in [0, 0.1) is 5.92 Å². The molecule has 9 heteroatoms. The summed E-state index contributed by atoms with van der Waals surface area (Å²) < 4.78 is 33.8. The predicted octanol–water partition coefficient (Wildman–Crippen LogP) is 1.30. The van der Waals surface area contributed by atoms with Crippen LogP contribution in [-0.2, 0) is 24.3 Å². The molecule has 0 radical (unpaired) electrons. The second-order valence-electron chi connectivity index (χ2n) is 7.41. The lowest BCUT2D eigenvalue weighted by molar-refractivity contribution is -0.160. The molecule has 0 aliphatic carbocycles. The van der Waals surface area contributed by atoms with Crippen LogP contribution >= 0.6 is 0 Å². The van der Waals surface area contributed by atoms with E-state index in [-0.39, 0.29) is 16.8 Å². The minimum Gasteiger partial charge on any atom is -0.452 e. The molecule has 0 unspecified atom stereocenters. The molecule has 8 nitrogen and oxygen atoms in total. The molecule has 0 aromatic heterocycles. The molecule has 2 atom stereocenters. The van der Waals surface area contributed by atoms with Crippen LogP contribution in [0.3, 0.4) is 0 Å². The molecule has 2 heterocycles. The van der Waals surface area contributed by atoms with E-state index >= 15 is 0 Å². The highest BCUT2D eigenvalue weighted by Crippen LogP contribution is 2.30. The summed E-state index contributed by atoms with van der Waals surface area (Å²) in [6.07, 6.45) is 0.443. The van der Waals surface area contributed by atoms with Gasteiger partial charge in [0.25, 0.3) is 15.9 Å². The first-order valence-corrected chi connectivity index (χ1v) is 10.8. The number of hydrogen-bond donors (Lipinski definition) is 1. The molecule has 3 rings (SSSR count). The van der Waals surface area contributed by atoms with Crippen molar-refractivity contribution in [1.82, 2.24) is 10.2 Å². The third-order valence-corrected chi connectivity index (χ3v) is 6.08. The quantitative estimate of drug-likeness (QED) is 0.755. The molecular weight excluding hydrogens is 382 g/mol. The molecule has 2 aliphatic heterocycles. The van der Waals surface area contributed by atoms with Crippen LogP contribution in [0.5, 0.6) is 0 Å². The summed E-state index contributed by atoms with van der Waals surface area (Å²) in [7, 11) is -3.71. The average Bonchev–Trinajstić information content (AvgIpc) is 2.93. The number of nitrogens with zero attached hydrogens (tertiary/aromatic N) is 2. The molecule has 1 amide bonds. The lowest BCUT2D eigenvalue weighted by Crippen LogP contribution is -2.45. The van der Waals surface area contributed by atoms with Crippen molar-refractivity contribution in [2.75, 3.05) is 13.1 Å². The van der Waals surface area contributed by atoms with E-state index in [0.717, 1.165) is 0 Å². The van der Waals surface area contributed by atoms with Gasteiger partial charge in [0.2, 0.25) is 0 Å². The first-order valence-electron chi connectivity index (χ1n) is 9.39. The summed E-state index contributed by atoms with van der Waals surface area (Å²) in [6.45, 7) is 6.12. The highest BCUT2D eigenvalue weighted by molar-refractivity contribution is 7.90. The number of esters is 1. The van der Waals surface area contributed by atoms with Crippen LogP contribution in [-0.4, -0.2) is 56.3 Å². The fourth-order valence-corrected chi connectivity index (χ4v) is 4.63. The van der Waals surface area contributed by atoms with Crippen molar-refractivity contribution in [2.24, 2.45) is 10.3 Å². The first kappa shape index (κ1) is 20.3. The molecule has 0 spiro atoms. The lowest BCUT2D eigenvalue weighted by Gasteiger charge is -2.33. The van der Waals surface area contributed by atoms with E-state index in [4.69, 9.17) is 4.74 Å². The van der Waals surface area contributed by atoms with Crippen molar-refractivity contribution in [2.45, 2.75) is 50.7 Å². The van der Waals surface area contributed by atoms with Crippen molar-refractivity contribution in [3.63, 3.8) is 0 Å². The van der Waals surface area contributed by atoms with Crippen molar-refractivity contribution in [1.29, 1.82) is 0 Å². The average molecular weight is 407 g/mol. The van der Waals surface area contributed by atoms with Gasteiger partial charge in [0.05, 0.1) is 5.92 Å². The van der Waals surface area contributed by atoms with Gasteiger partial charge >= 0.3 is 5.97 Å². The van der Waals surface area contributed by atoms with Crippen LogP contribution in [0.1, 0.15) is 39.2 Å². The summed E-state index contributed by atoms with van der Waals surface area (Å²) in [5.74, 6) is -0.859. The third-order valence-electron chi connectivity index (χ3n) is 4.76. The number of carbonyl (C=O) groups excluding carboxylic acids is 2. The van der Waals surface area contributed by atoms with Gasteiger partial charge in [0, 0.05) is 24.7 Å². The second-order valence-corrected chi connectivity index (χ2v) is 8.99. The largest absolute Gasteiger partial charge is 0.452 e. The SMILES string of the molecule is CC(C)NC(=O)[C@@H](C)OC(=O)[C@H]1CCCN(C2=NS(=O)(=O)c3ccccc32)C1. The number of ether oxygens (including phenoxy) is 1. The van der Waals surface area contributed by atoms with E-state index in [0.29, 0.717) is 37.3 Å². The van der Waals surface area contributed by atoms with E-state index in [1.807, 2.05) is 18.7 Å². The predicted molar refractivity (Wildman–Crippen MR) is 103 cm³/mol. The van der Waals surface area contributed by atoms with Crippen molar-refractivity contribution in [3.8, 4) is 0 Å². The Balaban J connectivity index is 1.70. The number of fused-ring (bicyclic) bond motifs is 1. The van der Waals surface area contributed by atoms with Gasteiger partial charge in [0.15, 0.2) is 11.9 Å². The second kappa shape index (κ2) is 7.90. The molecule has 1 N–H and O–H groups in total. The molecule has 0 saturated carbocycles. The van der Waals surface area contributed by atoms with Crippen LogP contribution in [0.2, 0.25) is 0 Å². The standard InChI is InChI=1S/C19H25N3O5S/c1-12(2)20-18(23)13(3)27-19(24)14-7-6-10-22(11-14)17-15-8-4-5-9-16(15)28(25,26)21-17/h4-5,8-9,12-14H,6-7,10-11H2,1-3H3,(H,20,23)/t13-,14+/m1/s1. The van der Waals surface area contributed by atoms with E-state index in [2.05, 4.69) is 9.71 Å². The molecule has 2 aliphatic rings. The monoisotopic (exact) mass is 407 g/mol. The summed E-state index contributed by atoms with van der Waals surface area (Å²) >= 11 is 0. The zero-order valence-electron chi connectivity index (χ0n) is 16.2. The molecule has 152 valence electrons. The van der Waals surface area contributed by atoms with E-state index in [1.54, 1.807) is 25.1 Å². The number of rotatable bonds is 4. The number of benzene rings is 1. The third kappa shape index (κ3) is 4.19. The summed E-state index contributed by atoms with van der Waals surface area (Å²) in [6, 6.07) is 6.64. The van der Waals surface area contributed by atoms with E-state index < -0.39 is 28.0 Å². The number of likely N-dealkylation sites (tertiary alicyclic amines) is 1. The normalized spacial score (nSPS) is 21.6. The highest BCUT2D eigenvalue weighted by atomic mass is 32.2. The van der Waals surface area contributed by atoms with Gasteiger partial charge in [-0.25, -0.2) is 0 Å². The van der Waals surface area contributed by atoms with Gasteiger partial charge in [0.1, 0.15) is 4.90 Å². The Morgan fingerprint density at radius 3 is 2.68 bits per heavy atom. The maximum Gasteiger partial charge on any atom is 0.311 e. The molecule has 1 aromatic rings. The topological polar surface area (TPSA) is 105 Å². The van der Waals surface area contributed by atoms with Gasteiger partial charge in [-0.2, -0.15) is 8.42 Å². The maximum absolute atomic E-state index is 12.5.